The van der Waals surface area contributed by atoms with E-state index in [9.17, 15) is 16.8 Å². The minimum atomic E-state index is -3.31. The maximum Gasteiger partial charge on any atom is 0.212 e. The van der Waals surface area contributed by atoms with Gasteiger partial charge in [-0.3, -0.25) is 4.90 Å². The maximum atomic E-state index is 11.7. The smallest absolute Gasteiger partial charge is 0.212 e. The molecule has 7 nitrogen and oxygen atoms in total. The van der Waals surface area contributed by atoms with Crippen LogP contribution in [0.5, 0.6) is 0 Å². The lowest BCUT2D eigenvalue weighted by atomic mass is 10.4. The summed E-state index contributed by atoms with van der Waals surface area (Å²) in [7, 11) is -6.33. The summed E-state index contributed by atoms with van der Waals surface area (Å²) in [5.74, 6) is 0.0686. The second kappa shape index (κ2) is 7.53. The maximum absolute atomic E-state index is 11.7. The van der Waals surface area contributed by atoms with Crippen LogP contribution in [0.15, 0.2) is 0 Å². The molecule has 0 saturated carbocycles. The van der Waals surface area contributed by atoms with E-state index in [1.54, 1.807) is 0 Å². The Labute approximate surface area is 115 Å². The molecule has 1 fully saturated rings. The van der Waals surface area contributed by atoms with Gasteiger partial charge in [-0.15, -0.1) is 0 Å². The quantitative estimate of drug-likeness (QED) is 0.516. The lowest BCUT2D eigenvalue weighted by Crippen LogP contribution is -2.46. The zero-order chi connectivity index (χ0) is 14.4. The third kappa shape index (κ3) is 8.53. The summed E-state index contributed by atoms with van der Waals surface area (Å²) in [4.78, 5) is 2.10. The summed E-state index contributed by atoms with van der Waals surface area (Å²) in [6.45, 7) is 4.21. The fourth-order valence-electron chi connectivity index (χ4n) is 1.82. The van der Waals surface area contributed by atoms with Crippen LogP contribution in [0.4, 0.5) is 0 Å². The van der Waals surface area contributed by atoms with Gasteiger partial charge in [-0.05, 0) is 6.42 Å². The van der Waals surface area contributed by atoms with E-state index < -0.39 is 19.9 Å². The van der Waals surface area contributed by atoms with Gasteiger partial charge in [0.15, 0.2) is 0 Å². The fourth-order valence-corrected chi connectivity index (χ4v) is 3.59. The van der Waals surface area contributed by atoms with Crippen LogP contribution in [0.3, 0.4) is 0 Å². The number of hydrogen-bond acceptors (Lipinski definition) is 6. The first-order valence-corrected chi connectivity index (χ1v) is 10.1. The summed E-state index contributed by atoms with van der Waals surface area (Å²) in [6.07, 6.45) is 1.46. The molecule has 0 spiro atoms. The van der Waals surface area contributed by atoms with Crippen LogP contribution in [0.25, 0.3) is 0 Å². The Morgan fingerprint density at radius 2 is 1.74 bits per heavy atom. The van der Waals surface area contributed by atoms with E-state index in [2.05, 4.69) is 14.9 Å². The molecule has 0 atom stereocenters. The molecular formula is C10H23N3O4S2. The molecule has 0 amide bonds. The highest BCUT2D eigenvalue weighted by molar-refractivity contribution is 7.90. The zero-order valence-corrected chi connectivity index (χ0v) is 12.9. The highest BCUT2D eigenvalue weighted by atomic mass is 32.2. The Morgan fingerprint density at radius 1 is 1.11 bits per heavy atom. The highest BCUT2D eigenvalue weighted by Gasteiger charge is 2.15. The number of sulfone groups is 1. The molecule has 0 unspecified atom stereocenters. The molecule has 0 radical (unpaired) electrons. The molecule has 1 saturated heterocycles. The normalized spacial score (nSPS) is 18.6. The first-order valence-electron chi connectivity index (χ1n) is 6.37. The monoisotopic (exact) mass is 313 g/mol. The van der Waals surface area contributed by atoms with Crippen molar-refractivity contribution in [2.75, 3.05) is 57.0 Å². The highest BCUT2D eigenvalue weighted by Crippen LogP contribution is 1.95. The Bertz CT molecular complexity index is 455. The molecule has 2 N–H and O–H groups in total. The summed E-state index contributed by atoms with van der Waals surface area (Å²) < 4.78 is 47.6. The van der Waals surface area contributed by atoms with E-state index in [1.165, 1.54) is 0 Å². The second-order valence-corrected chi connectivity index (χ2v) is 8.97. The summed E-state index contributed by atoms with van der Waals surface area (Å²) >= 11 is 0. The van der Waals surface area contributed by atoms with Crippen molar-refractivity contribution in [1.82, 2.24) is 14.9 Å². The third-order valence-corrected chi connectivity index (χ3v) is 5.29. The van der Waals surface area contributed by atoms with Crippen molar-refractivity contribution in [3.63, 3.8) is 0 Å². The molecule has 1 rings (SSSR count). The molecule has 1 heterocycles. The summed E-state index contributed by atoms with van der Waals surface area (Å²) in [5.41, 5.74) is 0. The molecule has 0 aromatic heterocycles. The minimum Gasteiger partial charge on any atom is -0.314 e. The number of sulfonamides is 1. The Hall–Kier alpha value is -0.220. The topological polar surface area (TPSA) is 95.6 Å². The number of piperazine rings is 1. The number of nitrogens with zero attached hydrogens (tertiary/aromatic N) is 1. The number of nitrogens with one attached hydrogen (secondary N) is 2. The van der Waals surface area contributed by atoms with Crippen molar-refractivity contribution in [3.8, 4) is 0 Å². The Kier molecular flexibility index (Phi) is 6.67. The molecule has 114 valence electrons. The van der Waals surface area contributed by atoms with Gasteiger partial charge in [-0.2, -0.15) is 0 Å². The van der Waals surface area contributed by atoms with Gasteiger partial charge in [0.2, 0.25) is 10.0 Å². The van der Waals surface area contributed by atoms with Gasteiger partial charge >= 0.3 is 0 Å². The van der Waals surface area contributed by atoms with Crippen molar-refractivity contribution >= 4 is 19.9 Å². The van der Waals surface area contributed by atoms with Gasteiger partial charge in [0.05, 0.1) is 11.5 Å². The lowest BCUT2D eigenvalue weighted by Gasteiger charge is -2.26. The minimum absolute atomic E-state index is 0.00726. The Morgan fingerprint density at radius 3 is 2.32 bits per heavy atom. The molecule has 0 bridgehead atoms. The van der Waals surface area contributed by atoms with Gasteiger partial charge in [0.25, 0.3) is 0 Å². The zero-order valence-electron chi connectivity index (χ0n) is 11.3. The van der Waals surface area contributed by atoms with Crippen molar-refractivity contribution in [2.24, 2.45) is 0 Å². The van der Waals surface area contributed by atoms with E-state index in [4.69, 9.17) is 0 Å². The van der Waals surface area contributed by atoms with E-state index in [-0.39, 0.29) is 18.1 Å². The van der Waals surface area contributed by atoms with Crippen molar-refractivity contribution in [1.29, 1.82) is 0 Å². The van der Waals surface area contributed by atoms with E-state index >= 15 is 0 Å². The van der Waals surface area contributed by atoms with Gasteiger partial charge in [0, 0.05) is 45.5 Å². The van der Waals surface area contributed by atoms with E-state index in [1.807, 2.05) is 0 Å². The van der Waals surface area contributed by atoms with Crippen LogP contribution in [0.2, 0.25) is 0 Å². The molecule has 0 aromatic rings. The molecule has 9 heteroatoms. The fraction of sp³-hybridized carbons (Fsp3) is 1.00. The van der Waals surface area contributed by atoms with Crippen LogP contribution in [0, 0.1) is 0 Å². The largest absolute Gasteiger partial charge is 0.314 e. The number of hydrogen-bond donors (Lipinski definition) is 2. The molecular weight excluding hydrogens is 290 g/mol. The molecule has 19 heavy (non-hydrogen) atoms. The van der Waals surface area contributed by atoms with Crippen LogP contribution < -0.4 is 10.0 Å². The van der Waals surface area contributed by atoms with Crippen molar-refractivity contribution in [3.05, 3.63) is 0 Å². The lowest BCUT2D eigenvalue weighted by molar-refractivity contribution is 0.253. The molecule has 0 aromatic carbocycles. The summed E-state index contributed by atoms with van der Waals surface area (Å²) in [6, 6.07) is 0. The van der Waals surface area contributed by atoms with E-state index in [0.717, 1.165) is 32.4 Å². The summed E-state index contributed by atoms with van der Waals surface area (Å²) in [5, 5.41) is 3.20. The third-order valence-electron chi connectivity index (χ3n) is 2.90. The van der Waals surface area contributed by atoms with Crippen molar-refractivity contribution in [2.45, 2.75) is 6.42 Å². The van der Waals surface area contributed by atoms with Crippen LogP contribution in [-0.4, -0.2) is 78.8 Å². The van der Waals surface area contributed by atoms with Gasteiger partial charge in [-0.25, -0.2) is 21.6 Å². The van der Waals surface area contributed by atoms with Gasteiger partial charge in [-0.1, -0.05) is 0 Å². The van der Waals surface area contributed by atoms with Crippen molar-refractivity contribution < 1.29 is 16.8 Å². The van der Waals surface area contributed by atoms with Crippen LogP contribution in [-0.2, 0) is 19.9 Å². The second-order valence-electron chi connectivity index (χ2n) is 4.79. The van der Waals surface area contributed by atoms with Gasteiger partial charge in [0.1, 0.15) is 9.84 Å². The van der Waals surface area contributed by atoms with Gasteiger partial charge < -0.3 is 5.32 Å². The molecule has 1 aliphatic heterocycles. The predicted molar refractivity (Wildman–Crippen MR) is 75.4 cm³/mol. The van der Waals surface area contributed by atoms with E-state index in [0.29, 0.717) is 13.0 Å². The SMILES string of the molecule is CS(=O)(=O)CCCNS(=O)(=O)CCN1CCNCC1. The first-order chi connectivity index (χ1) is 8.79. The first kappa shape index (κ1) is 16.8. The standard InChI is InChI=1S/C10H23N3O4S2/c1-18(14,15)9-2-3-12-19(16,17)10-8-13-6-4-11-5-7-13/h11-12H,2-10H2,1H3. The average molecular weight is 313 g/mol. The van der Waals surface area contributed by atoms with Crippen LogP contribution in [0.1, 0.15) is 6.42 Å². The predicted octanol–water partition coefficient (Wildman–Crippen LogP) is -1.75. The molecule has 0 aliphatic carbocycles. The average Bonchev–Trinajstić information content (AvgIpc) is 2.33. The Balaban J connectivity index is 2.20. The molecule has 1 aliphatic rings. The van der Waals surface area contributed by atoms with Crippen LogP contribution >= 0.6 is 0 Å². The number of rotatable bonds is 8.